The molecule has 6 N–H and O–H groups in total. The zero-order valence-corrected chi connectivity index (χ0v) is 23.7. The van der Waals surface area contributed by atoms with Gasteiger partial charge in [0, 0.05) is 17.1 Å². The first-order valence-corrected chi connectivity index (χ1v) is 13.1. The lowest BCUT2D eigenvalue weighted by Gasteiger charge is -2.18. The van der Waals surface area contributed by atoms with E-state index in [9.17, 15) is 28.8 Å². The first kappa shape index (κ1) is 33.4. The predicted molar refractivity (Wildman–Crippen MR) is 155 cm³/mol. The molecule has 3 rings (SSSR count). The van der Waals surface area contributed by atoms with Crippen LogP contribution < -0.4 is 17.2 Å². The highest BCUT2D eigenvalue weighted by atomic mass is 16.6. The van der Waals surface area contributed by atoms with Crippen molar-refractivity contribution in [1.29, 1.82) is 0 Å². The summed E-state index contributed by atoms with van der Waals surface area (Å²) in [4.78, 5) is 73.1. The molecular formula is C30H29N3O12. The quantitative estimate of drug-likeness (QED) is 0.130. The van der Waals surface area contributed by atoms with Gasteiger partial charge in [-0.2, -0.15) is 0 Å². The molecule has 0 aliphatic carbocycles. The van der Waals surface area contributed by atoms with Gasteiger partial charge in [0.05, 0.1) is 16.7 Å². The van der Waals surface area contributed by atoms with Crippen LogP contribution in [0.5, 0.6) is 0 Å². The second-order valence-electron chi connectivity index (χ2n) is 9.07. The molecule has 0 amide bonds. The van der Waals surface area contributed by atoms with Crippen LogP contribution in [0.2, 0.25) is 0 Å². The molecule has 3 aromatic rings. The van der Waals surface area contributed by atoms with E-state index >= 15 is 0 Å². The van der Waals surface area contributed by atoms with Gasteiger partial charge in [0.1, 0.15) is 13.2 Å². The summed E-state index contributed by atoms with van der Waals surface area (Å²) in [6.07, 6.45) is -1.39. The largest absolute Gasteiger partial charge is 0.459 e. The third-order valence-corrected chi connectivity index (χ3v) is 5.56. The Bertz CT molecular complexity index is 1430. The van der Waals surface area contributed by atoms with E-state index in [1.807, 2.05) is 0 Å². The van der Waals surface area contributed by atoms with E-state index in [2.05, 4.69) is 0 Å². The van der Waals surface area contributed by atoms with Gasteiger partial charge in [-0.3, -0.25) is 0 Å². The third kappa shape index (κ3) is 11.6. The maximum Gasteiger partial charge on any atom is 0.344 e. The summed E-state index contributed by atoms with van der Waals surface area (Å²) in [7, 11) is 0. The Kier molecular flexibility index (Phi) is 12.2. The van der Waals surface area contributed by atoms with Crippen molar-refractivity contribution < 1.29 is 57.2 Å². The minimum Gasteiger partial charge on any atom is -0.459 e. The van der Waals surface area contributed by atoms with Gasteiger partial charge in [0.15, 0.2) is 25.9 Å². The Balaban J connectivity index is 1.51. The molecule has 0 atom stereocenters. The van der Waals surface area contributed by atoms with Crippen molar-refractivity contribution in [3.8, 4) is 0 Å². The summed E-state index contributed by atoms with van der Waals surface area (Å²) in [6.45, 7) is -3.70. The number of hydrogen-bond acceptors (Lipinski definition) is 15. The van der Waals surface area contributed by atoms with Crippen molar-refractivity contribution >= 4 is 52.9 Å². The van der Waals surface area contributed by atoms with Crippen LogP contribution in [-0.4, -0.2) is 75.0 Å². The van der Waals surface area contributed by atoms with Crippen molar-refractivity contribution in [2.24, 2.45) is 0 Å². The average Bonchev–Trinajstić information content (AvgIpc) is 3.03. The van der Waals surface area contributed by atoms with E-state index in [1.165, 1.54) is 72.8 Å². The summed E-state index contributed by atoms with van der Waals surface area (Å²) in [5, 5.41) is 0. The van der Waals surface area contributed by atoms with E-state index in [1.54, 1.807) is 0 Å². The van der Waals surface area contributed by atoms with E-state index in [0.717, 1.165) is 0 Å². The van der Waals surface area contributed by atoms with Gasteiger partial charge in [-0.05, 0) is 72.8 Å². The molecular weight excluding hydrogens is 594 g/mol. The van der Waals surface area contributed by atoms with Crippen molar-refractivity contribution in [3.05, 3.63) is 89.5 Å². The van der Waals surface area contributed by atoms with Crippen molar-refractivity contribution in [1.82, 2.24) is 0 Å². The number of rotatable bonds is 14. The highest BCUT2D eigenvalue weighted by molar-refractivity contribution is 5.92. The molecule has 0 heterocycles. The standard InChI is InChI=1S/C30H29N3O12/c31-21-7-1-18(2-8-21)28(37)42-15-25(34)40-13-24(45-27(36)17-44-30(39)20-5-11-23(33)12-6-20)14-41-26(35)16-43-29(38)19-3-9-22(32)10-4-19/h1-12,24H,13-17,31-33H2. The maximum absolute atomic E-state index is 12.4. The van der Waals surface area contributed by atoms with Crippen LogP contribution in [0.25, 0.3) is 0 Å². The lowest BCUT2D eigenvalue weighted by atomic mass is 10.2. The van der Waals surface area contributed by atoms with Crippen LogP contribution in [-0.2, 0) is 42.8 Å². The Morgan fingerprint density at radius 1 is 0.444 bits per heavy atom. The van der Waals surface area contributed by atoms with E-state index in [0.29, 0.717) is 17.1 Å². The van der Waals surface area contributed by atoms with Crippen LogP contribution >= 0.6 is 0 Å². The lowest BCUT2D eigenvalue weighted by molar-refractivity contribution is -0.170. The highest BCUT2D eigenvalue weighted by Crippen LogP contribution is 2.10. The van der Waals surface area contributed by atoms with E-state index < -0.39 is 75.0 Å². The van der Waals surface area contributed by atoms with E-state index in [-0.39, 0.29) is 16.7 Å². The zero-order valence-electron chi connectivity index (χ0n) is 23.7. The minimum absolute atomic E-state index is 0.124. The molecule has 15 nitrogen and oxygen atoms in total. The Morgan fingerprint density at radius 3 is 1.04 bits per heavy atom. The second kappa shape index (κ2) is 16.5. The second-order valence-corrected chi connectivity index (χ2v) is 9.07. The number of esters is 6. The Labute approximate surface area is 256 Å². The zero-order chi connectivity index (χ0) is 32.8. The molecule has 45 heavy (non-hydrogen) atoms. The van der Waals surface area contributed by atoms with E-state index in [4.69, 9.17) is 45.6 Å². The van der Waals surface area contributed by atoms with Gasteiger partial charge in [-0.15, -0.1) is 0 Å². The molecule has 236 valence electrons. The summed E-state index contributed by atoms with van der Waals surface area (Å²) >= 11 is 0. The molecule has 3 aromatic carbocycles. The van der Waals surface area contributed by atoms with Crippen molar-refractivity contribution in [2.45, 2.75) is 6.10 Å². The van der Waals surface area contributed by atoms with Crippen LogP contribution in [0.15, 0.2) is 72.8 Å². The first-order chi connectivity index (χ1) is 21.5. The predicted octanol–water partition coefficient (Wildman–Crippen LogP) is 1.30. The summed E-state index contributed by atoms with van der Waals surface area (Å²) in [6, 6.07) is 17.2. The van der Waals surface area contributed by atoms with Crippen LogP contribution in [0, 0.1) is 0 Å². The molecule has 0 unspecified atom stereocenters. The van der Waals surface area contributed by atoms with Gasteiger partial charge in [-0.1, -0.05) is 0 Å². The van der Waals surface area contributed by atoms with Crippen molar-refractivity contribution in [2.75, 3.05) is 50.2 Å². The monoisotopic (exact) mass is 623 g/mol. The molecule has 15 heteroatoms. The average molecular weight is 624 g/mol. The number of hydrogen-bond donors (Lipinski definition) is 3. The maximum atomic E-state index is 12.4. The van der Waals surface area contributed by atoms with Gasteiger partial charge < -0.3 is 45.6 Å². The number of nitrogens with two attached hydrogens (primary N) is 3. The third-order valence-electron chi connectivity index (χ3n) is 5.56. The summed E-state index contributed by atoms with van der Waals surface area (Å²) in [5.74, 6) is -5.58. The fourth-order valence-electron chi connectivity index (χ4n) is 3.27. The van der Waals surface area contributed by atoms with Gasteiger partial charge >= 0.3 is 35.8 Å². The van der Waals surface area contributed by atoms with Gasteiger partial charge in [0.25, 0.3) is 0 Å². The normalized spacial score (nSPS) is 10.3. The van der Waals surface area contributed by atoms with Gasteiger partial charge in [0.2, 0.25) is 0 Å². The lowest BCUT2D eigenvalue weighted by Crippen LogP contribution is -2.33. The smallest absolute Gasteiger partial charge is 0.344 e. The Morgan fingerprint density at radius 2 is 0.733 bits per heavy atom. The molecule has 0 saturated carbocycles. The molecule has 0 bridgehead atoms. The summed E-state index contributed by atoms with van der Waals surface area (Å²) in [5.41, 5.74) is 18.4. The number of carbonyl (C=O) groups is 6. The highest BCUT2D eigenvalue weighted by Gasteiger charge is 2.22. The summed E-state index contributed by atoms with van der Waals surface area (Å²) < 4.78 is 29.8. The molecule has 0 aromatic heterocycles. The number of nitrogen functional groups attached to an aromatic ring is 3. The van der Waals surface area contributed by atoms with Crippen LogP contribution in [0.3, 0.4) is 0 Å². The van der Waals surface area contributed by atoms with Gasteiger partial charge in [-0.25, -0.2) is 28.8 Å². The Hall–Kier alpha value is -6.12. The molecule has 0 saturated heterocycles. The minimum atomic E-state index is -1.39. The fourth-order valence-corrected chi connectivity index (χ4v) is 3.27. The molecule has 0 aliphatic rings. The number of carbonyl (C=O) groups excluding carboxylic acids is 6. The first-order valence-electron chi connectivity index (χ1n) is 13.1. The molecule has 0 spiro atoms. The number of anilines is 3. The fraction of sp³-hybridized carbons (Fsp3) is 0.200. The number of ether oxygens (including phenoxy) is 6. The molecule has 0 radical (unpaired) electrons. The molecule has 0 fully saturated rings. The molecule has 0 aliphatic heterocycles. The topological polar surface area (TPSA) is 236 Å². The SMILES string of the molecule is Nc1ccc(C(=O)OCC(=O)OCC(COC(=O)COC(=O)c2ccc(N)cc2)OC(=O)COC(=O)c2ccc(N)cc2)cc1. The van der Waals surface area contributed by atoms with Crippen LogP contribution in [0.4, 0.5) is 17.1 Å². The van der Waals surface area contributed by atoms with Crippen LogP contribution in [0.1, 0.15) is 31.1 Å². The van der Waals surface area contributed by atoms with Crippen molar-refractivity contribution in [3.63, 3.8) is 0 Å². The number of benzene rings is 3.